The van der Waals surface area contributed by atoms with Crippen LogP contribution in [0.25, 0.3) is 0 Å². The SMILES string of the molecule is O=C1N[C@@H](c2cc(I)ccc2OC2CCNCC2)[C@]2(C[C@@H]1c1cccc(Cl)c1)C(=O)Nc1cc(Cl)ccc12. The number of anilines is 1. The molecule has 0 saturated carbocycles. The maximum absolute atomic E-state index is 14.1. The topological polar surface area (TPSA) is 79.5 Å². The minimum Gasteiger partial charge on any atom is -0.490 e. The highest BCUT2D eigenvalue weighted by Gasteiger charge is 2.58. The van der Waals surface area contributed by atoms with E-state index in [9.17, 15) is 9.59 Å². The quantitative estimate of drug-likeness (QED) is 0.302. The van der Waals surface area contributed by atoms with Gasteiger partial charge in [-0.2, -0.15) is 0 Å². The number of fused-ring (bicyclic) bond motifs is 2. The largest absolute Gasteiger partial charge is 0.490 e. The highest BCUT2D eigenvalue weighted by atomic mass is 127. The van der Waals surface area contributed by atoms with Crippen LogP contribution in [0.5, 0.6) is 5.75 Å². The molecule has 3 aliphatic heterocycles. The third kappa shape index (κ3) is 4.57. The van der Waals surface area contributed by atoms with Gasteiger partial charge < -0.3 is 20.7 Å². The molecule has 0 unspecified atom stereocenters. The van der Waals surface area contributed by atoms with Gasteiger partial charge in [-0.25, -0.2) is 0 Å². The van der Waals surface area contributed by atoms with E-state index in [1.807, 2.05) is 36.4 Å². The first-order chi connectivity index (χ1) is 18.3. The van der Waals surface area contributed by atoms with Crippen molar-refractivity contribution in [2.75, 3.05) is 18.4 Å². The first-order valence-electron chi connectivity index (χ1n) is 12.7. The Kier molecular flexibility index (Phi) is 7.05. The number of carbonyl (C=O) groups is 2. The standard InChI is InChI=1S/C29H26Cl2IN3O3/c30-17-3-1-2-16(12-17)22-15-29(23-6-4-18(31)13-24(23)34-28(29)37)26(35-27(22)36)21-14-19(32)5-7-25(21)38-20-8-10-33-11-9-20/h1-7,12-14,20,22,26,33H,8-11,15H2,(H,34,37)(H,35,36)/t22-,26+,29-/m1/s1. The predicted molar refractivity (Wildman–Crippen MR) is 157 cm³/mol. The van der Waals surface area contributed by atoms with Crippen molar-refractivity contribution in [2.45, 2.75) is 42.7 Å². The van der Waals surface area contributed by atoms with Crippen LogP contribution in [0, 0.1) is 3.57 Å². The van der Waals surface area contributed by atoms with E-state index in [1.54, 1.807) is 24.3 Å². The molecule has 3 N–H and O–H groups in total. The van der Waals surface area contributed by atoms with Crippen molar-refractivity contribution >= 4 is 63.3 Å². The molecule has 6 nitrogen and oxygen atoms in total. The number of hydrogen-bond donors (Lipinski definition) is 3. The highest BCUT2D eigenvalue weighted by Crippen LogP contribution is 2.55. The molecule has 3 aliphatic rings. The van der Waals surface area contributed by atoms with Gasteiger partial charge in [-0.15, -0.1) is 0 Å². The molecule has 3 aromatic rings. The summed E-state index contributed by atoms with van der Waals surface area (Å²) >= 11 is 14.9. The molecule has 2 saturated heterocycles. The predicted octanol–water partition coefficient (Wildman–Crippen LogP) is 5.96. The molecule has 38 heavy (non-hydrogen) atoms. The van der Waals surface area contributed by atoms with E-state index in [4.69, 9.17) is 27.9 Å². The van der Waals surface area contributed by atoms with Crippen molar-refractivity contribution in [1.29, 1.82) is 0 Å². The average molecular weight is 662 g/mol. The molecule has 0 radical (unpaired) electrons. The Hall–Kier alpha value is -2.33. The summed E-state index contributed by atoms with van der Waals surface area (Å²) in [6, 6.07) is 18.1. The second-order valence-electron chi connectivity index (χ2n) is 10.1. The Morgan fingerprint density at radius 1 is 0.947 bits per heavy atom. The maximum Gasteiger partial charge on any atom is 0.237 e. The normalized spacial score (nSPS) is 25.1. The lowest BCUT2D eigenvalue weighted by atomic mass is 9.63. The van der Waals surface area contributed by atoms with Gasteiger partial charge in [0.05, 0.1) is 12.0 Å². The van der Waals surface area contributed by atoms with E-state index >= 15 is 0 Å². The minimum atomic E-state index is -1.07. The monoisotopic (exact) mass is 661 g/mol. The molecule has 3 atom stereocenters. The first-order valence-corrected chi connectivity index (χ1v) is 14.5. The second kappa shape index (κ2) is 10.3. The number of amides is 2. The number of carbonyl (C=O) groups excluding carboxylic acids is 2. The van der Waals surface area contributed by atoms with Crippen LogP contribution in [-0.2, 0) is 15.0 Å². The van der Waals surface area contributed by atoms with Gasteiger partial charge in [0.25, 0.3) is 0 Å². The number of nitrogens with one attached hydrogen (secondary N) is 3. The van der Waals surface area contributed by atoms with Crippen LogP contribution in [-0.4, -0.2) is 31.0 Å². The Morgan fingerprint density at radius 3 is 2.53 bits per heavy atom. The first kappa shape index (κ1) is 25.9. The van der Waals surface area contributed by atoms with Crippen LogP contribution >= 0.6 is 45.8 Å². The van der Waals surface area contributed by atoms with Gasteiger partial charge >= 0.3 is 0 Å². The van der Waals surface area contributed by atoms with E-state index < -0.39 is 17.4 Å². The van der Waals surface area contributed by atoms with Gasteiger partial charge in [0.1, 0.15) is 17.3 Å². The molecule has 2 amide bonds. The summed E-state index contributed by atoms with van der Waals surface area (Å²) in [5, 5.41) is 10.8. The molecule has 2 fully saturated rings. The summed E-state index contributed by atoms with van der Waals surface area (Å²) in [6.07, 6.45) is 2.13. The van der Waals surface area contributed by atoms with Crippen LogP contribution in [0.3, 0.4) is 0 Å². The van der Waals surface area contributed by atoms with Gasteiger partial charge in [-0.1, -0.05) is 41.4 Å². The second-order valence-corrected chi connectivity index (χ2v) is 12.2. The lowest BCUT2D eigenvalue weighted by molar-refractivity contribution is -0.131. The summed E-state index contributed by atoms with van der Waals surface area (Å²) in [6.45, 7) is 1.79. The number of ether oxygens (including phenoxy) is 1. The summed E-state index contributed by atoms with van der Waals surface area (Å²) in [7, 11) is 0. The number of rotatable bonds is 4. The van der Waals surface area contributed by atoms with Crippen LogP contribution in [0.4, 0.5) is 5.69 Å². The third-order valence-corrected chi connectivity index (χ3v) is 8.99. The fourth-order valence-electron chi connectivity index (χ4n) is 6.03. The van der Waals surface area contributed by atoms with E-state index in [1.165, 1.54) is 0 Å². The van der Waals surface area contributed by atoms with E-state index in [0.29, 0.717) is 21.5 Å². The van der Waals surface area contributed by atoms with E-state index in [-0.39, 0.29) is 24.3 Å². The Labute approximate surface area is 244 Å². The molecule has 0 aliphatic carbocycles. The molecule has 1 spiro atoms. The summed E-state index contributed by atoms with van der Waals surface area (Å²) < 4.78 is 7.53. The van der Waals surface area contributed by atoms with Gasteiger partial charge in [0.15, 0.2) is 0 Å². The van der Waals surface area contributed by atoms with Crippen molar-refractivity contribution < 1.29 is 14.3 Å². The lowest BCUT2D eigenvalue weighted by Crippen LogP contribution is -2.55. The van der Waals surface area contributed by atoms with Crippen molar-refractivity contribution in [2.24, 2.45) is 0 Å². The van der Waals surface area contributed by atoms with Gasteiger partial charge in [0, 0.05) is 24.9 Å². The van der Waals surface area contributed by atoms with Gasteiger partial charge in [-0.3, -0.25) is 9.59 Å². The molecule has 0 bridgehead atoms. The zero-order chi connectivity index (χ0) is 26.4. The zero-order valence-corrected chi connectivity index (χ0v) is 24.1. The van der Waals surface area contributed by atoms with Crippen molar-refractivity contribution in [3.8, 4) is 5.75 Å². The van der Waals surface area contributed by atoms with Gasteiger partial charge in [0.2, 0.25) is 11.8 Å². The molecule has 196 valence electrons. The van der Waals surface area contributed by atoms with Crippen LogP contribution in [0.2, 0.25) is 10.0 Å². The molecule has 0 aromatic heterocycles. The molecule has 3 heterocycles. The molecular weight excluding hydrogens is 636 g/mol. The number of piperidine rings is 2. The van der Waals surface area contributed by atoms with E-state index in [2.05, 4.69) is 38.5 Å². The Balaban J connectivity index is 1.50. The smallest absolute Gasteiger partial charge is 0.237 e. The number of benzene rings is 3. The number of halogens is 3. The lowest BCUT2D eigenvalue weighted by Gasteiger charge is -2.44. The van der Waals surface area contributed by atoms with Crippen molar-refractivity contribution in [1.82, 2.24) is 10.6 Å². The fraction of sp³-hybridized carbons (Fsp3) is 0.310. The molecule has 6 rings (SSSR count). The molecule has 9 heteroatoms. The highest BCUT2D eigenvalue weighted by molar-refractivity contribution is 14.1. The summed E-state index contributed by atoms with van der Waals surface area (Å²) in [5.41, 5.74) is 1.98. The fourth-order valence-corrected chi connectivity index (χ4v) is 6.92. The molecule has 3 aromatic carbocycles. The summed E-state index contributed by atoms with van der Waals surface area (Å²) in [4.78, 5) is 27.8. The Bertz CT molecular complexity index is 1430. The summed E-state index contributed by atoms with van der Waals surface area (Å²) in [5.74, 6) is -0.185. The van der Waals surface area contributed by atoms with Crippen molar-refractivity contribution in [3.05, 3.63) is 91.0 Å². The third-order valence-electron chi connectivity index (χ3n) is 7.85. The van der Waals surface area contributed by atoms with Crippen LogP contribution in [0.15, 0.2) is 60.7 Å². The minimum absolute atomic E-state index is 0.0630. The Morgan fingerprint density at radius 2 is 1.74 bits per heavy atom. The van der Waals surface area contributed by atoms with Crippen LogP contribution < -0.4 is 20.7 Å². The maximum atomic E-state index is 14.1. The zero-order valence-electron chi connectivity index (χ0n) is 20.4. The molecular formula is C29H26Cl2IN3O3. The van der Waals surface area contributed by atoms with Gasteiger partial charge in [-0.05, 0) is 109 Å². The number of hydrogen-bond acceptors (Lipinski definition) is 4. The average Bonchev–Trinajstić information content (AvgIpc) is 3.17. The van der Waals surface area contributed by atoms with Crippen LogP contribution in [0.1, 0.15) is 47.9 Å². The van der Waals surface area contributed by atoms with Crippen molar-refractivity contribution in [3.63, 3.8) is 0 Å². The van der Waals surface area contributed by atoms with E-state index in [0.717, 1.165) is 46.2 Å².